The van der Waals surface area contributed by atoms with Crippen LogP contribution in [0, 0.1) is 5.82 Å². The van der Waals surface area contributed by atoms with E-state index < -0.39 is 0 Å². The van der Waals surface area contributed by atoms with Gasteiger partial charge >= 0.3 is 0 Å². The van der Waals surface area contributed by atoms with Crippen LogP contribution in [0.25, 0.3) is 27.2 Å². The highest BCUT2D eigenvalue weighted by molar-refractivity contribution is 6.14. The first-order valence-electron chi connectivity index (χ1n) is 9.81. The molecular formula is C24H19FN2O3. The maximum atomic E-state index is 14.0. The molecule has 0 saturated heterocycles. The molecule has 0 atom stereocenters. The number of aliphatic hydroxyl groups excluding tert-OH is 1. The van der Waals surface area contributed by atoms with Gasteiger partial charge < -0.3 is 14.2 Å². The Hall–Kier alpha value is -3.51. The van der Waals surface area contributed by atoms with Crippen molar-refractivity contribution in [2.75, 3.05) is 13.2 Å². The summed E-state index contributed by atoms with van der Waals surface area (Å²) in [5.41, 5.74) is 2.91. The Morgan fingerprint density at radius 2 is 1.97 bits per heavy atom. The van der Waals surface area contributed by atoms with Crippen molar-refractivity contribution >= 4 is 27.2 Å². The Balaban J connectivity index is 1.79. The molecule has 5 aromatic rings. The number of hydrogen-bond acceptors (Lipinski definition) is 4. The number of rotatable bonds is 6. The van der Waals surface area contributed by atoms with Gasteiger partial charge in [0, 0.05) is 54.4 Å². The molecule has 3 aromatic heterocycles. The van der Waals surface area contributed by atoms with Gasteiger partial charge in [-0.15, -0.1) is 0 Å². The van der Waals surface area contributed by atoms with Gasteiger partial charge in [0.25, 0.3) is 0 Å². The molecule has 0 amide bonds. The standard InChI is InChI=1S/C24H19FN2O3/c25-17-4-5-19-20-11-18(30-8-2-7-28)12-21-23(20)27(22(19)10-17)14-16(24(21)29)9-15-3-1-6-26-13-15/h1,3-6,10-14,28H,2,7-9H2. The number of pyridine rings is 2. The smallest absolute Gasteiger partial charge is 0.193 e. The van der Waals surface area contributed by atoms with Crippen LogP contribution in [0.1, 0.15) is 17.5 Å². The fourth-order valence-electron chi connectivity index (χ4n) is 4.01. The summed E-state index contributed by atoms with van der Waals surface area (Å²) in [6.07, 6.45) is 6.16. The highest BCUT2D eigenvalue weighted by atomic mass is 19.1. The summed E-state index contributed by atoms with van der Waals surface area (Å²) in [6, 6.07) is 12.0. The van der Waals surface area contributed by atoms with Gasteiger partial charge in [-0.2, -0.15) is 0 Å². The molecule has 0 saturated carbocycles. The summed E-state index contributed by atoms with van der Waals surface area (Å²) < 4.78 is 21.7. The highest BCUT2D eigenvalue weighted by Crippen LogP contribution is 2.34. The Morgan fingerprint density at radius 3 is 2.77 bits per heavy atom. The number of hydrogen-bond donors (Lipinski definition) is 1. The van der Waals surface area contributed by atoms with E-state index in [0.29, 0.717) is 41.7 Å². The van der Waals surface area contributed by atoms with Crippen LogP contribution in [-0.4, -0.2) is 27.7 Å². The normalized spacial score (nSPS) is 11.7. The molecule has 6 heteroatoms. The van der Waals surface area contributed by atoms with Gasteiger partial charge in [-0.3, -0.25) is 9.78 Å². The molecule has 0 aliphatic heterocycles. The minimum atomic E-state index is -0.332. The van der Waals surface area contributed by atoms with Crippen molar-refractivity contribution in [3.63, 3.8) is 0 Å². The molecular weight excluding hydrogens is 383 g/mol. The van der Waals surface area contributed by atoms with Gasteiger partial charge in [-0.1, -0.05) is 6.07 Å². The number of aliphatic hydroxyl groups is 1. The Kier molecular flexibility index (Phi) is 4.56. The van der Waals surface area contributed by atoms with E-state index >= 15 is 0 Å². The van der Waals surface area contributed by atoms with E-state index in [-0.39, 0.29) is 17.9 Å². The van der Waals surface area contributed by atoms with Gasteiger partial charge in [0.05, 0.1) is 23.0 Å². The van der Waals surface area contributed by atoms with Crippen molar-refractivity contribution in [1.82, 2.24) is 9.38 Å². The zero-order chi connectivity index (χ0) is 20.7. The van der Waals surface area contributed by atoms with Crippen LogP contribution in [-0.2, 0) is 6.42 Å². The number of benzene rings is 2. The average Bonchev–Trinajstić information content (AvgIpc) is 3.05. The lowest BCUT2D eigenvalue weighted by molar-refractivity contribution is 0.234. The van der Waals surface area contributed by atoms with Gasteiger partial charge in [0.15, 0.2) is 5.43 Å². The summed E-state index contributed by atoms with van der Waals surface area (Å²) in [6.45, 7) is 0.381. The van der Waals surface area contributed by atoms with Crippen molar-refractivity contribution in [3.8, 4) is 5.75 Å². The van der Waals surface area contributed by atoms with E-state index in [4.69, 9.17) is 9.84 Å². The van der Waals surface area contributed by atoms with Crippen LogP contribution < -0.4 is 10.2 Å². The Bertz CT molecular complexity index is 1410. The van der Waals surface area contributed by atoms with Crippen LogP contribution in [0.3, 0.4) is 0 Å². The molecule has 0 bridgehead atoms. The molecule has 5 rings (SSSR count). The quantitative estimate of drug-likeness (QED) is 0.437. The van der Waals surface area contributed by atoms with E-state index in [1.165, 1.54) is 12.1 Å². The van der Waals surface area contributed by atoms with Crippen LogP contribution in [0.5, 0.6) is 5.75 Å². The first-order chi connectivity index (χ1) is 14.7. The molecule has 5 nitrogen and oxygen atoms in total. The second-order valence-corrected chi connectivity index (χ2v) is 7.35. The van der Waals surface area contributed by atoms with Crippen molar-refractivity contribution < 1.29 is 14.2 Å². The molecule has 2 aromatic carbocycles. The molecule has 0 aliphatic carbocycles. The predicted octanol–water partition coefficient (Wildman–Crippen LogP) is 3.93. The summed E-state index contributed by atoms with van der Waals surface area (Å²) >= 11 is 0. The van der Waals surface area contributed by atoms with Crippen molar-refractivity contribution in [2.45, 2.75) is 12.8 Å². The molecule has 0 spiro atoms. The third-order valence-electron chi connectivity index (χ3n) is 5.34. The molecule has 150 valence electrons. The van der Waals surface area contributed by atoms with E-state index in [0.717, 1.165) is 21.9 Å². The lowest BCUT2D eigenvalue weighted by Gasteiger charge is -2.09. The van der Waals surface area contributed by atoms with Crippen LogP contribution in [0.4, 0.5) is 4.39 Å². The summed E-state index contributed by atoms with van der Waals surface area (Å²) in [5, 5.41) is 11.3. The molecule has 30 heavy (non-hydrogen) atoms. The van der Waals surface area contributed by atoms with Crippen molar-refractivity contribution in [2.24, 2.45) is 0 Å². The molecule has 1 N–H and O–H groups in total. The largest absolute Gasteiger partial charge is 0.493 e. The lowest BCUT2D eigenvalue weighted by atomic mass is 10.0. The lowest BCUT2D eigenvalue weighted by Crippen LogP contribution is -2.12. The van der Waals surface area contributed by atoms with Gasteiger partial charge in [0.1, 0.15) is 11.6 Å². The molecule has 0 radical (unpaired) electrons. The predicted molar refractivity (Wildman–Crippen MR) is 114 cm³/mol. The Labute approximate surface area is 171 Å². The molecule has 0 fully saturated rings. The highest BCUT2D eigenvalue weighted by Gasteiger charge is 2.18. The van der Waals surface area contributed by atoms with Gasteiger partial charge in [-0.25, -0.2) is 4.39 Å². The van der Waals surface area contributed by atoms with Crippen molar-refractivity contribution in [3.05, 3.63) is 88.2 Å². The minimum absolute atomic E-state index is 0.0324. The number of aromatic nitrogens is 2. The minimum Gasteiger partial charge on any atom is -0.493 e. The number of fused-ring (bicyclic) bond motifs is 3. The molecule has 0 unspecified atom stereocenters. The number of halogens is 1. The Morgan fingerprint density at radius 1 is 1.10 bits per heavy atom. The van der Waals surface area contributed by atoms with Gasteiger partial charge in [-0.05, 0) is 42.0 Å². The summed E-state index contributed by atoms with van der Waals surface area (Å²) in [5.74, 6) is 0.229. The van der Waals surface area contributed by atoms with E-state index in [9.17, 15) is 9.18 Å². The summed E-state index contributed by atoms with van der Waals surface area (Å²) in [4.78, 5) is 17.5. The van der Waals surface area contributed by atoms with Crippen molar-refractivity contribution in [1.29, 1.82) is 0 Å². The van der Waals surface area contributed by atoms with Crippen LogP contribution >= 0.6 is 0 Å². The second kappa shape index (κ2) is 7.39. The summed E-state index contributed by atoms with van der Waals surface area (Å²) in [7, 11) is 0. The number of ether oxygens (including phenoxy) is 1. The monoisotopic (exact) mass is 402 g/mol. The topological polar surface area (TPSA) is 63.8 Å². The zero-order valence-electron chi connectivity index (χ0n) is 16.1. The van der Waals surface area contributed by atoms with Crippen LogP contribution in [0.15, 0.2) is 65.8 Å². The fourth-order valence-corrected chi connectivity index (χ4v) is 4.01. The first-order valence-corrected chi connectivity index (χ1v) is 9.81. The fraction of sp³-hybridized carbons (Fsp3) is 0.167. The third-order valence-corrected chi connectivity index (χ3v) is 5.34. The van der Waals surface area contributed by atoms with Crippen LogP contribution in [0.2, 0.25) is 0 Å². The van der Waals surface area contributed by atoms with E-state index in [1.807, 2.05) is 22.6 Å². The SMILES string of the molecule is O=c1c(Cc2cccnc2)cn2c3cc(F)ccc3c3cc(OCCCO)cc1c32. The van der Waals surface area contributed by atoms with E-state index in [2.05, 4.69) is 4.98 Å². The molecule has 0 aliphatic rings. The maximum Gasteiger partial charge on any atom is 0.193 e. The third kappa shape index (κ3) is 3.06. The second-order valence-electron chi connectivity index (χ2n) is 7.35. The number of nitrogens with zero attached hydrogens (tertiary/aromatic N) is 2. The first kappa shape index (κ1) is 18.5. The zero-order valence-corrected chi connectivity index (χ0v) is 16.1. The van der Waals surface area contributed by atoms with E-state index in [1.54, 1.807) is 30.7 Å². The maximum absolute atomic E-state index is 14.0. The van der Waals surface area contributed by atoms with Gasteiger partial charge in [0.2, 0.25) is 0 Å². The average molecular weight is 402 g/mol. The molecule has 3 heterocycles.